The van der Waals surface area contributed by atoms with E-state index in [9.17, 15) is 4.79 Å². The van der Waals surface area contributed by atoms with Crippen LogP contribution in [-0.2, 0) is 12.8 Å². The van der Waals surface area contributed by atoms with E-state index in [1.807, 2.05) is 38.1 Å². The second-order valence-electron chi connectivity index (χ2n) is 7.78. The van der Waals surface area contributed by atoms with Crippen LogP contribution >= 0.6 is 0 Å². The molecule has 1 aliphatic rings. The van der Waals surface area contributed by atoms with Crippen molar-refractivity contribution < 1.29 is 4.79 Å². The lowest BCUT2D eigenvalue weighted by Gasteiger charge is -2.06. The number of benzene rings is 3. The van der Waals surface area contributed by atoms with Gasteiger partial charge in [0.05, 0.1) is 11.4 Å². The molecule has 1 heterocycles. The van der Waals surface area contributed by atoms with Gasteiger partial charge in [-0.3, -0.25) is 9.89 Å². The lowest BCUT2D eigenvalue weighted by molar-refractivity contribution is 0.0950. The van der Waals surface area contributed by atoms with Crippen LogP contribution in [0.5, 0.6) is 0 Å². The van der Waals surface area contributed by atoms with Gasteiger partial charge >= 0.3 is 0 Å². The molecule has 0 radical (unpaired) electrons. The minimum absolute atomic E-state index is 0.314. The molecule has 1 aliphatic carbocycles. The van der Waals surface area contributed by atoms with Crippen molar-refractivity contribution >= 4 is 22.4 Å². The molecular weight excluding hydrogens is 372 g/mol. The monoisotopic (exact) mass is 394 g/mol. The van der Waals surface area contributed by atoms with Gasteiger partial charge in [0.2, 0.25) is 0 Å². The van der Waals surface area contributed by atoms with E-state index < -0.39 is 0 Å². The number of aromatic nitrogens is 2. The Labute approximate surface area is 174 Å². The lowest BCUT2D eigenvalue weighted by atomic mass is 9.98. The molecule has 3 aromatic carbocycles. The molecule has 5 heteroatoms. The Morgan fingerprint density at radius 1 is 1.03 bits per heavy atom. The van der Waals surface area contributed by atoms with Crippen LogP contribution in [0, 0.1) is 6.92 Å². The van der Waals surface area contributed by atoms with Gasteiger partial charge in [0.1, 0.15) is 5.69 Å². The number of carbonyl (C=O) groups excluding carboxylic acids is 1. The largest absolute Gasteiger partial charge is 0.289 e. The normalized spacial score (nSPS) is 13.1. The van der Waals surface area contributed by atoms with Crippen molar-refractivity contribution in [3.8, 4) is 11.3 Å². The zero-order chi connectivity index (χ0) is 20.7. The minimum atomic E-state index is -0.314. The Kier molecular flexibility index (Phi) is 4.43. The van der Waals surface area contributed by atoms with Gasteiger partial charge in [-0.25, -0.2) is 5.43 Å². The lowest BCUT2D eigenvalue weighted by Crippen LogP contribution is -2.19. The molecule has 148 valence electrons. The highest BCUT2D eigenvalue weighted by Gasteiger charge is 2.18. The fourth-order valence-electron chi connectivity index (χ4n) is 4.10. The molecule has 0 bridgehead atoms. The molecule has 5 rings (SSSR count). The average Bonchev–Trinajstić information content (AvgIpc) is 3.42. The van der Waals surface area contributed by atoms with Gasteiger partial charge < -0.3 is 0 Å². The minimum Gasteiger partial charge on any atom is -0.272 e. The van der Waals surface area contributed by atoms with E-state index in [4.69, 9.17) is 0 Å². The van der Waals surface area contributed by atoms with Crippen molar-refractivity contribution in [2.24, 2.45) is 5.10 Å². The number of nitrogens with one attached hydrogen (secondary N) is 2. The van der Waals surface area contributed by atoms with Crippen LogP contribution in [0.15, 0.2) is 65.8 Å². The summed E-state index contributed by atoms with van der Waals surface area (Å²) in [5.41, 5.74) is 10.5. The Hall–Kier alpha value is -3.73. The van der Waals surface area contributed by atoms with Crippen molar-refractivity contribution in [1.29, 1.82) is 0 Å². The SMILES string of the molecule is C/C(=N\NC(=O)c1cc(-c2ccc3c4c(cccc24)CC3)n[nH]1)c1ccc(C)cc1. The molecule has 30 heavy (non-hydrogen) atoms. The number of aryl methyl sites for hydroxylation is 3. The zero-order valence-corrected chi connectivity index (χ0v) is 17.0. The summed E-state index contributed by atoms with van der Waals surface area (Å²) in [5.74, 6) is -0.314. The number of rotatable bonds is 4. The third kappa shape index (κ3) is 3.18. The fourth-order valence-corrected chi connectivity index (χ4v) is 4.10. The number of carbonyl (C=O) groups is 1. The summed E-state index contributed by atoms with van der Waals surface area (Å²) < 4.78 is 0. The Morgan fingerprint density at radius 3 is 2.60 bits per heavy atom. The summed E-state index contributed by atoms with van der Waals surface area (Å²) >= 11 is 0. The predicted octanol–water partition coefficient (Wildman–Crippen LogP) is 4.79. The zero-order valence-electron chi connectivity index (χ0n) is 17.0. The van der Waals surface area contributed by atoms with E-state index in [2.05, 4.69) is 51.1 Å². The van der Waals surface area contributed by atoms with Crippen molar-refractivity contribution in [2.45, 2.75) is 26.7 Å². The highest BCUT2D eigenvalue weighted by atomic mass is 16.2. The molecule has 0 unspecified atom stereocenters. The first-order chi connectivity index (χ1) is 14.6. The van der Waals surface area contributed by atoms with Crippen molar-refractivity contribution in [1.82, 2.24) is 15.6 Å². The van der Waals surface area contributed by atoms with Crippen LogP contribution in [0.1, 0.15) is 39.7 Å². The van der Waals surface area contributed by atoms with E-state index in [-0.39, 0.29) is 5.91 Å². The molecular formula is C25H22N4O. The molecule has 0 aliphatic heterocycles. The van der Waals surface area contributed by atoms with Crippen LogP contribution in [-0.4, -0.2) is 21.8 Å². The maximum Gasteiger partial charge on any atom is 0.289 e. The molecule has 2 N–H and O–H groups in total. The maximum atomic E-state index is 12.6. The standard InChI is InChI=1S/C25H22N4O/c1-15-6-8-17(9-7-15)16(2)26-29-25(30)23-14-22(27-28-23)20-13-12-19-11-10-18-4-3-5-21(20)24(18)19/h3-9,12-14H,10-11H2,1-2H3,(H,27,28)(H,29,30)/b26-16+. The molecule has 5 nitrogen and oxygen atoms in total. The number of amides is 1. The number of hydrogen-bond donors (Lipinski definition) is 2. The van der Waals surface area contributed by atoms with Gasteiger partial charge in [-0.15, -0.1) is 0 Å². The molecule has 1 aromatic heterocycles. The number of aromatic amines is 1. The number of hydrogen-bond acceptors (Lipinski definition) is 3. The van der Waals surface area contributed by atoms with Gasteiger partial charge in [0.15, 0.2) is 0 Å². The topological polar surface area (TPSA) is 70.1 Å². The summed E-state index contributed by atoms with van der Waals surface area (Å²) in [5, 5.41) is 14.0. The Balaban J connectivity index is 1.40. The summed E-state index contributed by atoms with van der Waals surface area (Å²) in [4.78, 5) is 12.6. The molecule has 4 aromatic rings. The van der Waals surface area contributed by atoms with E-state index in [1.165, 1.54) is 27.5 Å². The quantitative estimate of drug-likeness (QED) is 0.386. The summed E-state index contributed by atoms with van der Waals surface area (Å²) in [7, 11) is 0. The first kappa shape index (κ1) is 18.3. The highest BCUT2D eigenvalue weighted by molar-refractivity contribution is 6.03. The molecule has 0 spiro atoms. The van der Waals surface area contributed by atoms with Gasteiger partial charge in [0.25, 0.3) is 5.91 Å². The third-order valence-electron chi connectivity index (χ3n) is 5.77. The number of hydrazone groups is 1. The van der Waals surface area contributed by atoms with E-state index in [0.717, 1.165) is 35.4 Å². The van der Waals surface area contributed by atoms with Gasteiger partial charge in [-0.2, -0.15) is 10.2 Å². The molecule has 1 amide bonds. The molecule has 0 fully saturated rings. The van der Waals surface area contributed by atoms with E-state index in [0.29, 0.717) is 5.69 Å². The summed E-state index contributed by atoms with van der Waals surface area (Å²) in [6.45, 7) is 3.91. The van der Waals surface area contributed by atoms with E-state index >= 15 is 0 Å². The second-order valence-corrected chi connectivity index (χ2v) is 7.78. The van der Waals surface area contributed by atoms with Gasteiger partial charge in [-0.1, -0.05) is 60.2 Å². The van der Waals surface area contributed by atoms with Crippen LogP contribution in [0.4, 0.5) is 0 Å². The van der Waals surface area contributed by atoms with Crippen molar-refractivity contribution in [3.63, 3.8) is 0 Å². The smallest absolute Gasteiger partial charge is 0.272 e. The van der Waals surface area contributed by atoms with E-state index in [1.54, 1.807) is 6.07 Å². The Morgan fingerprint density at radius 2 is 1.80 bits per heavy atom. The first-order valence-electron chi connectivity index (χ1n) is 10.1. The fraction of sp³-hybridized carbons (Fsp3) is 0.160. The van der Waals surface area contributed by atoms with Crippen LogP contribution in [0.2, 0.25) is 0 Å². The van der Waals surface area contributed by atoms with Gasteiger partial charge in [0, 0.05) is 5.56 Å². The van der Waals surface area contributed by atoms with Gasteiger partial charge in [-0.05, 0) is 60.2 Å². The number of H-pyrrole nitrogens is 1. The Bertz CT molecular complexity index is 1290. The molecule has 0 saturated heterocycles. The van der Waals surface area contributed by atoms with Crippen LogP contribution < -0.4 is 5.43 Å². The third-order valence-corrected chi connectivity index (χ3v) is 5.77. The first-order valence-corrected chi connectivity index (χ1v) is 10.1. The predicted molar refractivity (Wildman–Crippen MR) is 120 cm³/mol. The highest BCUT2D eigenvalue weighted by Crippen LogP contribution is 2.36. The average molecular weight is 394 g/mol. The summed E-state index contributed by atoms with van der Waals surface area (Å²) in [6, 6.07) is 20.5. The van der Waals surface area contributed by atoms with Crippen LogP contribution in [0.3, 0.4) is 0 Å². The molecule has 0 atom stereocenters. The van der Waals surface area contributed by atoms with Crippen LogP contribution in [0.25, 0.3) is 22.0 Å². The second kappa shape index (κ2) is 7.26. The number of nitrogens with zero attached hydrogens (tertiary/aromatic N) is 2. The van der Waals surface area contributed by atoms with Crippen molar-refractivity contribution in [2.75, 3.05) is 0 Å². The molecule has 0 saturated carbocycles. The maximum absolute atomic E-state index is 12.6. The summed E-state index contributed by atoms with van der Waals surface area (Å²) in [6.07, 6.45) is 2.17. The van der Waals surface area contributed by atoms with Crippen molar-refractivity contribution in [3.05, 3.63) is 88.6 Å².